The van der Waals surface area contributed by atoms with Gasteiger partial charge in [0, 0.05) is 19.5 Å². The van der Waals surface area contributed by atoms with Crippen LogP contribution >= 0.6 is 0 Å². The molecule has 3 aromatic rings. The summed E-state index contributed by atoms with van der Waals surface area (Å²) in [5.74, 6) is 0.261. The molecule has 0 aromatic heterocycles. The number of benzene rings is 3. The van der Waals surface area contributed by atoms with Gasteiger partial charge in [-0.05, 0) is 49.1 Å². The Morgan fingerprint density at radius 3 is 2.24 bits per heavy atom. The van der Waals surface area contributed by atoms with Crippen molar-refractivity contribution >= 4 is 11.8 Å². The standard InChI is InChI=1S/C29H34N2O3/c1-4-16-30-29(33)27(19-24-12-6-5-7-13-24)31(20-25-14-8-10-22(2)17-25)28(32)21-34-26-15-9-11-23(3)18-26/h5-15,17-18,27H,4,16,19-21H2,1-3H3,(H,30,33). The molecule has 0 spiro atoms. The molecule has 3 rings (SSSR count). The second-order valence-electron chi connectivity index (χ2n) is 8.61. The Kier molecular flexibility index (Phi) is 9.27. The number of nitrogens with zero attached hydrogens (tertiary/aromatic N) is 1. The number of hydrogen-bond donors (Lipinski definition) is 1. The fraction of sp³-hybridized carbons (Fsp3) is 0.310. The van der Waals surface area contributed by atoms with E-state index < -0.39 is 6.04 Å². The minimum Gasteiger partial charge on any atom is -0.484 e. The van der Waals surface area contributed by atoms with Gasteiger partial charge in [-0.3, -0.25) is 9.59 Å². The van der Waals surface area contributed by atoms with Crippen molar-refractivity contribution in [3.8, 4) is 5.75 Å². The van der Waals surface area contributed by atoms with Crippen molar-refractivity contribution in [3.63, 3.8) is 0 Å². The van der Waals surface area contributed by atoms with Crippen molar-refractivity contribution in [3.05, 3.63) is 101 Å². The molecule has 1 N–H and O–H groups in total. The molecule has 5 heteroatoms. The van der Waals surface area contributed by atoms with E-state index in [1.807, 2.05) is 99.6 Å². The Bertz CT molecular complexity index is 1080. The first-order chi connectivity index (χ1) is 16.5. The van der Waals surface area contributed by atoms with Crippen molar-refractivity contribution < 1.29 is 14.3 Å². The topological polar surface area (TPSA) is 58.6 Å². The summed E-state index contributed by atoms with van der Waals surface area (Å²) in [7, 11) is 0. The number of ether oxygens (including phenoxy) is 1. The van der Waals surface area contributed by atoms with Gasteiger partial charge in [-0.25, -0.2) is 0 Å². The molecular formula is C29H34N2O3. The van der Waals surface area contributed by atoms with E-state index >= 15 is 0 Å². The number of hydrogen-bond acceptors (Lipinski definition) is 3. The molecule has 34 heavy (non-hydrogen) atoms. The Morgan fingerprint density at radius 1 is 0.882 bits per heavy atom. The normalized spacial score (nSPS) is 11.5. The molecule has 5 nitrogen and oxygen atoms in total. The van der Waals surface area contributed by atoms with Crippen LogP contribution in [0, 0.1) is 13.8 Å². The van der Waals surface area contributed by atoms with Crippen LogP contribution in [0.2, 0.25) is 0 Å². The third kappa shape index (κ3) is 7.48. The zero-order chi connectivity index (χ0) is 24.3. The second kappa shape index (κ2) is 12.6. The minimum atomic E-state index is -0.650. The molecule has 178 valence electrons. The molecule has 0 saturated heterocycles. The summed E-state index contributed by atoms with van der Waals surface area (Å²) in [6.07, 6.45) is 1.25. The summed E-state index contributed by atoms with van der Waals surface area (Å²) in [6.45, 7) is 6.77. The molecule has 0 heterocycles. The lowest BCUT2D eigenvalue weighted by Gasteiger charge is -2.31. The number of carbonyl (C=O) groups excluding carboxylic acids is 2. The Hall–Kier alpha value is -3.60. The molecule has 0 fully saturated rings. The first kappa shape index (κ1) is 25.0. The van der Waals surface area contributed by atoms with Crippen LogP contribution in [0.4, 0.5) is 0 Å². The fourth-order valence-electron chi connectivity index (χ4n) is 3.86. The van der Waals surface area contributed by atoms with Crippen molar-refractivity contribution in [1.29, 1.82) is 0 Å². The maximum absolute atomic E-state index is 13.5. The van der Waals surface area contributed by atoms with Crippen LogP contribution in [0.15, 0.2) is 78.9 Å². The van der Waals surface area contributed by atoms with E-state index in [-0.39, 0.29) is 18.4 Å². The lowest BCUT2D eigenvalue weighted by Crippen LogP contribution is -2.51. The van der Waals surface area contributed by atoms with E-state index in [2.05, 4.69) is 5.32 Å². The number of nitrogens with one attached hydrogen (secondary N) is 1. The van der Waals surface area contributed by atoms with Crippen LogP contribution in [0.1, 0.15) is 35.6 Å². The predicted octanol–water partition coefficient (Wildman–Crippen LogP) is 4.85. The maximum atomic E-state index is 13.5. The smallest absolute Gasteiger partial charge is 0.261 e. The molecule has 1 atom stereocenters. The van der Waals surface area contributed by atoms with E-state index in [4.69, 9.17) is 4.74 Å². The average molecular weight is 459 g/mol. The van der Waals surface area contributed by atoms with Gasteiger partial charge in [-0.15, -0.1) is 0 Å². The molecule has 1 unspecified atom stereocenters. The molecule has 0 saturated carbocycles. The average Bonchev–Trinajstić information content (AvgIpc) is 2.84. The van der Waals surface area contributed by atoms with Gasteiger partial charge in [-0.1, -0.05) is 79.2 Å². The minimum absolute atomic E-state index is 0.137. The third-order valence-electron chi connectivity index (χ3n) is 5.61. The van der Waals surface area contributed by atoms with E-state index in [1.165, 1.54) is 0 Å². The van der Waals surface area contributed by atoms with Gasteiger partial charge in [0.05, 0.1) is 0 Å². The fourth-order valence-corrected chi connectivity index (χ4v) is 3.86. The first-order valence-electron chi connectivity index (χ1n) is 11.8. The highest BCUT2D eigenvalue weighted by Crippen LogP contribution is 2.17. The zero-order valence-corrected chi connectivity index (χ0v) is 20.3. The van der Waals surface area contributed by atoms with Gasteiger partial charge in [0.25, 0.3) is 5.91 Å². The van der Waals surface area contributed by atoms with Crippen molar-refractivity contribution in [2.45, 2.75) is 46.2 Å². The van der Waals surface area contributed by atoms with Gasteiger partial charge in [-0.2, -0.15) is 0 Å². The van der Waals surface area contributed by atoms with Gasteiger partial charge in [0.1, 0.15) is 11.8 Å². The largest absolute Gasteiger partial charge is 0.484 e. The van der Waals surface area contributed by atoms with Crippen LogP contribution < -0.4 is 10.1 Å². The van der Waals surface area contributed by atoms with E-state index in [0.717, 1.165) is 28.7 Å². The highest BCUT2D eigenvalue weighted by atomic mass is 16.5. The van der Waals surface area contributed by atoms with Crippen molar-refractivity contribution in [1.82, 2.24) is 10.2 Å². The summed E-state index contributed by atoms with van der Waals surface area (Å²) >= 11 is 0. The lowest BCUT2D eigenvalue weighted by molar-refractivity contribution is -0.142. The summed E-state index contributed by atoms with van der Waals surface area (Å²) in [4.78, 5) is 28.5. The van der Waals surface area contributed by atoms with Crippen LogP contribution in [-0.2, 0) is 22.6 Å². The zero-order valence-electron chi connectivity index (χ0n) is 20.3. The van der Waals surface area contributed by atoms with Crippen LogP contribution in [-0.4, -0.2) is 35.9 Å². The van der Waals surface area contributed by atoms with E-state index in [1.54, 1.807) is 4.90 Å². The predicted molar refractivity (Wildman–Crippen MR) is 136 cm³/mol. The van der Waals surface area contributed by atoms with Gasteiger partial charge in [0.15, 0.2) is 6.61 Å². The quantitative estimate of drug-likeness (QED) is 0.447. The van der Waals surface area contributed by atoms with Gasteiger partial charge >= 0.3 is 0 Å². The Labute approximate surface area is 202 Å². The van der Waals surface area contributed by atoms with Crippen LogP contribution in [0.5, 0.6) is 5.75 Å². The molecular weight excluding hydrogens is 424 g/mol. The van der Waals surface area contributed by atoms with E-state index in [9.17, 15) is 9.59 Å². The van der Waals surface area contributed by atoms with E-state index in [0.29, 0.717) is 25.3 Å². The monoisotopic (exact) mass is 458 g/mol. The van der Waals surface area contributed by atoms with Crippen molar-refractivity contribution in [2.24, 2.45) is 0 Å². The number of aryl methyl sites for hydroxylation is 2. The van der Waals surface area contributed by atoms with Crippen LogP contribution in [0.25, 0.3) is 0 Å². The number of carbonyl (C=O) groups is 2. The number of rotatable bonds is 11. The Morgan fingerprint density at radius 2 is 1.56 bits per heavy atom. The molecule has 2 amide bonds. The lowest BCUT2D eigenvalue weighted by atomic mass is 10.0. The van der Waals surface area contributed by atoms with Crippen LogP contribution in [0.3, 0.4) is 0 Å². The maximum Gasteiger partial charge on any atom is 0.261 e. The SMILES string of the molecule is CCCNC(=O)C(Cc1ccccc1)N(Cc1cccc(C)c1)C(=O)COc1cccc(C)c1. The van der Waals surface area contributed by atoms with Crippen molar-refractivity contribution in [2.75, 3.05) is 13.2 Å². The second-order valence-corrected chi connectivity index (χ2v) is 8.61. The van der Waals surface area contributed by atoms with Gasteiger partial charge < -0.3 is 15.0 Å². The summed E-state index contributed by atoms with van der Waals surface area (Å²) in [6, 6.07) is 24.8. The summed E-state index contributed by atoms with van der Waals surface area (Å²) in [5, 5.41) is 2.99. The first-order valence-corrected chi connectivity index (χ1v) is 11.8. The Balaban J connectivity index is 1.89. The molecule has 0 bridgehead atoms. The molecule has 0 aliphatic carbocycles. The summed E-state index contributed by atoms with van der Waals surface area (Å²) in [5.41, 5.74) is 4.14. The molecule has 0 radical (unpaired) electrons. The summed E-state index contributed by atoms with van der Waals surface area (Å²) < 4.78 is 5.83. The molecule has 0 aliphatic rings. The highest BCUT2D eigenvalue weighted by molar-refractivity contribution is 5.88. The third-order valence-corrected chi connectivity index (χ3v) is 5.61. The molecule has 3 aromatic carbocycles. The number of amides is 2. The highest BCUT2D eigenvalue weighted by Gasteiger charge is 2.30. The molecule has 0 aliphatic heterocycles. The van der Waals surface area contributed by atoms with Gasteiger partial charge in [0.2, 0.25) is 5.91 Å².